The smallest absolute Gasteiger partial charge is 0.117 e. The van der Waals surface area contributed by atoms with Gasteiger partial charge in [0.15, 0.2) is 0 Å². The van der Waals surface area contributed by atoms with E-state index in [1.807, 2.05) is 6.92 Å². The average molecular weight is 303 g/mol. The largest absolute Gasteiger partial charge is 0.393 e. The first-order valence-electron chi connectivity index (χ1n) is 9.10. The predicted molar refractivity (Wildman–Crippen MR) is 91.0 cm³/mol. The molecule has 0 aromatic carbocycles. The van der Waals surface area contributed by atoms with Gasteiger partial charge in [0.05, 0.1) is 20.2 Å². The molecule has 3 heteroatoms. The third-order valence-electron chi connectivity index (χ3n) is 4.10. The summed E-state index contributed by atoms with van der Waals surface area (Å²) in [5, 5.41) is 9.40. The Morgan fingerprint density at radius 3 is 2.00 bits per heavy atom. The zero-order valence-electron chi connectivity index (χ0n) is 15.2. The second-order valence-corrected chi connectivity index (χ2v) is 6.98. The number of unbranched alkanes of at least 4 members (excludes halogenated alkanes) is 6. The number of hydrogen-bond donors (Lipinski definition) is 1. The third kappa shape index (κ3) is 13.3. The van der Waals surface area contributed by atoms with Gasteiger partial charge in [0, 0.05) is 6.42 Å². The summed E-state index contributed by atoms with van der Waals surface area (Å²) in [6.07, 6.45) is 12.6. The number of hydrogen-bond acceptors (Lipinski definition) is 2. The molecule has 128 valence electrons. The van der Waals surface area contributed by atoms with Crippen molar-refractivity contribution in [3.8, 4) is 0 Å². The van der Waals surface area contributed by atoms with E-state index in [1.54, 1.807) is 0 Å². The fraction of sp³-hybridized carbons (Fsp3) is 1.00. The van der Waals surface area contributed by atoms with E-state index in [9.17, 15) is 5.11 Å². The molecule has 0 aliphatic rings. The van der Waals surface area contributed by atoms with Crippen molar-refractivity contribution in [2.45, 2.75) is 97.2 Å². The predicted octanol–water partition coefficient (Wildman–Crippen LogP) is 4.68. The quantitative estimate of drug-likeness (QED) is 0.287. The highest BCUT2D eigenvalue weighted by Crippen LogP contribution is 2.16. The molecule has 21 heavy (non-hydrogen) atoms. The van der Waals surface area contributed by atoms with Crippen LogP contribution in [0.4, 0.5) is 0 Å². The molecular formula is C18H40NO2+. The molecule has 2 unspecified atom stereocenters. The molecule has 3 nitrogen and oxygen atoms in total. The van der Waals surface area contributed by atoms with Crippen LogP contribution in [-0.2, 0) is 4.84 Å². The summed E-state index contributed by atoms with van der Waals surface area (Å²) in [5.74, 6) is 0. The van der Waals surface area contributed by atoms with Crippen molar-refractivity contribution < 1.29 is 14.6 Å². The number of nitrogens with zero attached hydrogens (tertiary/aromatic N) is 1. The van der Waals surface area contributed by atoms with Crippen LogP contribution in [0.1, 0.15) is 85.0 Å². The van der Waals surface area contributed by atoms with Gasteiger partial charge in [-0.2, -0.15) is 4.65 Å². The lowest BCUT2D eigenvalue weighted by Crippen LogP contribution is -2.44. The van der Waals surface area contributed by atoms with Gasteiger partial charge in [-0.05, 0) is 19.8 Å². The van der Waals surface area contributed by atoms with Crippen molar-refractivity contribution in [2.75, 3.05) is 20.6 Å². The van der Waals surface area contributed by atoms with Crippen LogP contribution in [0.2, 0.25) is 0 Å². The fourth-order valence-corrected chi connectivity index (χ4v) is 2.61. The molecule has 0 aromatic heterocycles. The van der Waals surface area contributed by atoms with Crippen LogP contribution in [-0.4, -0.2) is 42.6 Å². The third-order valence-corrected chi connectivity index (χ3v) is 4.10. The lowest BCUT2D eigenvalue weighted by molar-refractivity contribution is -1.08. The van der Waals surface area contributed by atoms with Gasteiger partial charge in [0.25, 0.3) is 0 Å². The van der Waals surface area contributed by atoms with Crippen molar-refractivity contribution in [1.29, 1.82) is 0 Å². The number of rotatable bonds is 14. The molecule has 0 aliphatic carbocycles. The normalized spacial score (nSPS) is 15.1. The zero-order chi connectivity index (χ0) is 16.1. The van der Waals surface area contributed by atoms with Gasteiger partial charge in [-0.1, -0.05) is 58.8 Å². The first kappa shape index (κ1) is 20.9. The van der Waals surface area contributed by atoms with E-state index >= 15 is 0 Å². The second kappa shape index (κ2) is 12.4. The van der Waals surface area contributed by atoms with Gasteiger partial charge in [0.1, 0.15) is 12.6 Å². The molecule has 2 atom stereocenters. The van der Waals surface area contributed by atoms with Crippen molar-refractivity contribution in [3.63, 3.8) is 0 Å². The first-order valence-corrected chi connectivity index (χ1v) is 9.10. The highest BCUT2D eigenvalue weighted by Gasteiger charge is 2.22. The average Bonchev–Trinajstić information content (AvgIpc) is 2.43. The van der Waals surface area contributed by atoms with Gasteiger partial charge in [-0.25, -0.2) is 4.84 Å². The van der Waals surface area contributed by atoms with Gasteiger partial charge in [-0.15, -0.1) is 0 Å². The lowest BCUT2D eigenvalue weighted by Gasteiger charge is -2.31. The Balaban J connectivity index is 3.78. The van der Waals surface area contributed by atoms with E-state index in [0.717, 1.165) is 19.4 Å². The van der Waals surface area contributed by atoms with E-state index in [1.165, 1.54) is 51.4 Å². The standard InChI is InChI=1S/C18H40NO2/c1-6-8-9-10-11-12-13-14-18(7-2)21-19(4,5)16-15-17(3)20/h17-18,20H,6-16H2,1-5H3/q+1. The fourth-order valence-electron chi connectivity index (χ4n) is 2.61. The minimum atomic E-state index is -0.241. The highest BCUT2D eigenvalue weighted by atomic mass is 16.7. The summed E-state index contributed by atoms with van der Waals surface area (Å²) >= 11 is 0. The molecular weight excluding hydrogens is 262 g/mol. The Labute approximate surface area is 133 Å². The van der Waals surface area contributed by atoms with Crippen LogP contribution in [0.15, 0.2) is 0 Å². The number of aliphatic hydroxyl groups excluding tert-OH is 1. The minimum absolute atomic E-state index is 0.241. The summed E-state index contributed by atoms with van der Waals surface area (Å²) in [5.41, 5.74) is 0. The molecule has 0 saturated heterocycles. The van der Waals surface area contributed by atoms with Gasteiger partial charge < -0.3 is 5.11 Å². The molecule has 0 heterocycles. The molecule has 0 fully saturated rings. The minimum Gasteiger partial charge on any atom is -0.393 e. The van der Waals surface area contributed by atoms with E-state index in [0.29, 0.717) is 10.8 Å². The van der Waals surface area contributed by atoms with E-state index in [-0.39, 0.29) is 6.10 Å². The highest BCUT2D eigenvalue weighted by molar-refractivity contribution is 4.55. The maximum Gasteiger partial charge on any atom is 0.117 e. The molecule has 1 N–H and O–H groups in total. The summed E-state index contributed by atoms with van der Waals surface area (Å²) in [6.45, 7) is 7.18. The summed E-state index contributed by atoms with van der Waals surface area (Å²) < 4.78 is 0.555. The maximum absolute atomic E-state index is 9.40. The molecule has 0 amide bonds. The summed E-state index contributed by atoms with van der Waals surface area (Å²) in [6, 6.07) is 0. The molecule has 0 spiro atoms. The van der Waals surface area contributed by atoms with Crippen molar-refractivity contribution in [2.24, 2.45) is 0 Å². The van der Waals surface area contributed by atoms with E-state index < -0.39 is 0 Å². The molecule has 0 aromatic rings. The number of aliphatic hydroxyl groups is 1. The molecule has 0 aliphatic heterocycles. The van der Waals surface area contributed by atoms with Crippen LogP contribution in [0.5, 0.6) is 0 Å². The van der Waals surface area contributed by atoms with E-state index in [2.05, 4.69) is 27.9 Å². The summed E-state index contributed by atoms with van der Waals surface area (Å²) in [4.78, 5) is 6.21. The van der Waals surface area contributed by atoms with E-state index in [4.69, 9.17) is 4.84 Å². The lowest BCUT2D eigenvalue weighted by atomic mass is 10.1. The molecule has 0 bridgehead atoms. The van der Waals surface area contributed by atoms with Crippen LogP contribution in [0.25, 0.3) is 0 Å². The van der Waals surface area contributed by atoms with Crippen molar-refractivity contribution >= 4 is 0 Å². The van der Waals surface area contributed by atoms with Crippen LogP contribution >= 0.6 is 0 Å². The molecule has 0 rings (SSSR count). The van der Waals surface area contributed by atoms with Gasteiger partial charge in [0.2, 0.25) is 0 Å². The summed E-state index contributed by atoms with van der Waals surface area (Å²) in [7, 11) is 4.19. The van der Waals surface area contributed by atoms with Crippen molar-refractivity contribution in [1.82, 2.24) is 0 Å². The maximum atomic E-state index is 9.40. The van der Waals surface area contributed by atoms with Crippen LogP contribution in [0, 0.1) is 0 Å². The Bertz CT molecular complexity index is 229. The Kier molecular flexibility index (Phi) is 12.4. The van der Waals surface area contributed by atoms with Crippen LogP contribution < -0.4 is 0 Å². The zero-order valence-corrected chi connectivity index (χ0v) is 15.2. The number of quaternary nitrogens is 1. The monoisotopic (exact) mass is 302 g/mol. The Morgan fingerprint density at radius 2 is 1.48 bits per heavy atom. The Hall–Kier alpha value is -0.120. The number of hydroxylamine groups is 3. The SMILES string of the molecule is CCCCCCCCCC(CC)O[N+](C)(C)CCC(C)O. The van der Waals surface area contributed by atoms with Gasteiger partial charge >= 0.3 is 0 Å². The van der Waals surface area contributed by atoms with Crippen LogP contribution in [0.3, 0.4) is 0 Å². The Morgan fingerprint density at radius 1 is 0.905 bits per heavy atom. The molecule has 0 radical (unpaired) electrons. The second-order valence-electron chi connectivity index (χ2n) is 6.98. The molecule has 0 saturated carbocycles. The van der Waals surface area contributed by atoms with Gasteiger partial charge in [-0.3, -0.25) is 0 Å². The van der Waals surface area contributed by atoms with Crippen molar-refractivity contribution in [3.05, 3.63) is 0 Å². The first-order chi connectivity index (χ1) is 9.91. The topological polar surface area (TPSA) is 29.5 Å².